The highest BCUT2D eigenvalue weighted by Crippen LogP contribution is 2.35. The number of fused-ring (bicyclic) bond motifs is 1. The van der Waals surface area contributed by atoms with Gasteiger partial charge in [-0.05, 0) is 12.5 Å². The van der Waals surface area contributed by atoms with Crippen molar-refractivity contribution in [2.75, 3.05) is 32.9 Å². The van der Waals surface area contributed by atoms with Gasteiger partial charge < -0.3 is 14.5 Å². The Balaban J connectivity index is 1.81. The second-order valence-electron chi connectivity index (χ2n) is 6.26. The Labute approximate surface area is 136 Å². The molecule has 2 amide bonds. The molecule has 2 aliphatic rings. The first-order chi connectivity index (χ1) is 10.9. The molecule has 2 fully saturated rings. The summed E-state index contributed by atoms with van der Waals surface area (Å²) in [7, 11) is 0.144. The lowest BCUT2D eigenvalue weighted by Gasteiger charge is -2.32. The summed E-state index contributed by atoms with van der Waals surface area (Å²) in [5.74, 6) is 0.378. The zero-order valence-electron chi connectivity index (χ0n) is 13.3. The fourth-order valence-electron chi connectivity index (χ4n) is 3.34. The van der Waals surface area contributed by atoms with Crippen LogP contribution in [0, 0.1) is 5.92 Å². The number of carbonyl (C=O) groups is 1. The summed E-state index contributed by atoms with van der Waals surface area (Å²) >= 11 is 0. The van der Waals surface area contributed by atoms with Crippen LogP contribution in [0.4, 0.5) is 4.79 Å². The highest BCUT2D eigenvalue weighted by molar-refractivity contribution is 7.92. The van der Waals surface area contributed by atoms with Gasteiger partial charge in [-0.15, -0.1) is 0 Å². The minimum atomic E-state index is -3.19. The van der Waals surface area contributed by atoms with E-state index in [1.165, 1.54) is 4.90 Å². The Morgan fingerprint density at radius 2 is 2.13 bits per heavy atom. The summed E-state index contributed by atoms with van der Waals surface area (Å²) in [6, 6.07) is 5.23. The fraction of sp³-hybridized carbons (Fsp3) is 0.600. The summed E-state index contributed by atoms with van der Waals surface area (Å²) in [6.45, 7) is 0.643. The van der Waals surface area contributed by atoms with Crippen LogP contribution in [0.5, 0.6) is 5.88 Å². The van der Waals surface area contributed by atoms with E-state index in [0.717, 1.165) is 0 Å². The minimum Gasteiger partial charge on any atom is -0.474 e. The Bertz CT molecular complexity index is 677. The van der Waals surface area contributed by atoms with Gasteiger partial charge in [0, 0.05) is 45.4 Å². The summed E-state index contributed by atoms with van der Waals surface area (Å²) in [5, 5.41) is -0.547. The molecule has 0 unspecified atom stereocenters. The highest BCUT2D eigenvalue weighted by Gasteiger charge is 2.50. The maximum Gasteiger partial charge on any atom is 0.319 e. The number of pyridine rings is 1. The highest BCUT2D eigenvalue weighted by atomic mass is 32.2. The summed E-state index contributed by atoms with van der Waals surface area (Å²) in [4.78, 5) is 19.4. The standard InChI is InChI=1S/C15H21N3O4S/c1-17(2)15(19)18-9-11-12(22-14-5-3-4-7-16-14)6-8-23(20,21)13(11)10-18/h3-5,7,11-13H,6,8-10H2,1-2H3/t11-,12+,13-/m1/s1. The van der Waals surface area contributed by atoms with Crippen LogP contribution in [0.3, 0.4) is 0 Å². The first-order valence-corrected chi connectivity index (χ1v) is 9.35. The maximum atomic E-state index is 12.4. The molecule has 1 aromatic rings. The second-order valence-corrected chi connectivity index (χ2v) is 8.60. The fourth-order valence-corrected chi connectivity index (χ4v) is 5.40. The molecular weight excluding hydrogens is 318 g/mol. The average Bonchev–Trinajstić information content (AvgIpc) is 2.97. The molecule has 0 N–H and O–H groups in total. The molecule has 7 nitrogen and oxygen atoms in total. The lowest BCUT2D eigenvalue weighted by atomic mass is 9.98. The van der Waals surface area contributed by atoms with Crippen LogP contribution < -0.4 is 4.74 Å². The Kier molecular flexibility index (Phi) is 4.18. The quantitative estimate of drug-likeness (QED) is 0.789. The van der Waals surface area contributed by atoms with Crippen LogP contribution in [0.1, 0.15) is 6.42 Å². The lowest BCUT2D eigenvalue weighted by Crippen LogP contribution is -2.46. The zero-order chi connectivity index (χ0) is 16.6. The average molecular weight is 339 g/mol. The van der Waals surface area contributed by atoms with Crippen LogP contribution in [-0.2, 0) is 9.84 Å². The van der Waals surface area contributed by atoms with Crippen LogP contribution in [0.25, 0.3) is 0 Å². The lowest BCUT2D eigenvalue weighted by molar-refractivity contribution is 0.120. The Morgan fingerprint density at radius 3 is 2.78 bits per heavy atom. The second kappa shape index (κ2) is 5.99. The molecule has 3 rings (SSSR count). The van der Waals surface area contributed by atoms with E-state index >= 15 is 0 Å². The number of amides is 2. The number of likely N-dealkylation sites (tertiary alicyclic amines) is 1. The van der Waals surface area contributed by atoms with Crippen molar-refractivity contribution >= 4 is 15.9 Å². The molecule has 1 aromatic heterocycles. The van der Waals surface area contributed by atoms with Crippen molar-refractivity contribution in [3.8, 4) is 5.88 Å². The summed E-state index contributed by atoms with van der Waals surface area (Å²) < 4.78 is 30.7. The molecule has 0 saturated carbocycles. The predicted octanol–water partition coefficient (Wildman–Crippen LogP) is 0.629. The van der Waals surface area contributed by atoms with Crippen LogP contribution in [-0.4, -0.2) is 73.5 Å². The van der Waals surface area contributed by atoms with Crippen molar-refractivity contribution < 1.29 is 17.9 Å². The molecule has 2 aliphatic heterocycles. The summed E-state index contributed by atoms with van der Waals surface area (Å²) in [5.41, 5.74) is 0. The van der Waals surface area contributed by atoms with Gasteiger partial charge in [0.15, 0.2) is 9.84 Å². The molecule has 0 bridgehead atoms. The normalized spacial score (nSPS) is 29.0. The van der Waals surface area contributed by atoms with Crippen LogP contribution >= 0.6 is 0 Å². The molecule has 0 spiro atoms. The maximum absolute atomic E-state index is 12.4. The third kappa shape index (κ3) is 3.12. The zero-order valence-corrected chi connectivity index (χ0v) is 14.1. The molecule has 0 aliphatic carbocycles. The predicted molar refractivity (Wildman–Crippen MR) is 85.0 cm³/mol. The number of sulfone groups is 1. The van der Waals surface area contributed by atoms with Gasteiger partial charge in [-0.1, -0.05) is 6.07 Å². The van der Waals surface area contributed by atoms with E-state index in [2.05, 4.69) is 4.98 Å². The Hall–Kier alpha value is -1.83. The summed E-state index contributed by atoms with van der Waals surface area (Å²) in [6.07, 6.45) is 1.84. The van der Waals surface area contributed by atoms with E-state index in [4.69, 9.17) is 4.74 Å². The molecule has 126 valence electrons. The topological polar surface area (TPSA) is 79.8 Å². The van der Waals surface area contributed by atoms with E-state index < -0.39 is 15.1 Å². The molecule has 0 radical (unpaired) electrons. The smallest absolute Gasteiger partial charge is 0.319 e. The Morgan fingerprint density at radius 1 is 1.35 bits per heavy atom. The monoisotopic (exact) mass is 339 g/mol. The number of rotatable bonds is 2. The van der Waals surface area contributed by atoms with E-state index in [-0.39, 0.29) is 30.4 Å². The van der Waals surface area contributed by atoms with Gasteiger partial charge in [-0.3, -0.25) is 0 Å². The third-order valence-corrected chi connectivity index (χ3v) is 6.72. The largest absolute Gasteiger partial charge is 0.474 e. The van der Waals surface area contributed by atoms with Gasteiger partial charge in [0.1, 0.15) is 6.10 Å². The molecular formula is C15H21N3O4S. The van der Waals surface area contributed by atoms with E-state index in [1.54, 1.807) is 37.3 Å². The molecule has 0 aromatic carbocycles. The van der Waals surface area contributed by atoms with Gasteiger partial charge >= 0.3 is 6.03 Å². The van der Waals surface area contributed by atoms with Gasteiger partial charge in [0.05, 0.1) is 11.0 Å². The number of carbonyl (C=O) groups excluding carboxylic acids is 1. The number of ether oxygens (including phenoxy) is 1. The number of hydrogen-bond acceptors (Lipinski definition) is 5. The SMILES string of the molecule is CN(C)C(=O)N1C[C@@H]2[C@@H](Oc3ccccn3)CCS(=O)(=O)[C@@H]2C1. The van der Waals surface area contributed by atoms with Crippen molar-refractivity contribution in [2.24, 2.45) is 5.92 Å². The van der Waals surface area contributed by atoms with Gasteiger partial charge in [-0.25, -0.2) is 18.2 Å². The van der Waals surface area contributed by atoms with E-state index in [0.29, 0.717) is 18.8 Å². The van der Waals surface area contributed by atoms with Crippen molar-refractivity contribution in [3.63, 3.8) is 0 Å². The molecule has 23 heavy (non-hydrogen) atoms. The van der Waals surface area contributed by atoms with E-state index in [9.17, 15) is 13.2 Å². The molecule has 8 heteroatoms. The third-order valence-electron chi connectivity index (χ3n) is 4.50. The van der Waals surface area contributed by atoms with E-state index in [1.807, 2.05) is 6.07 Å². The van der Waals surface area contributed by atoms with Crippen molar-refractivity contribution in [1.29, 1.82) is 0 Å². The molecule has 3 atom stereocenters. The van der Waals surface area contributed by atoms with Crippen molar-refractivity contribution in [1.82, 2.24) is 14.8 Å². The number of hydrogen-bond donors (Lipinski definition) is 0. The van der Waals surface area contributed by atoms with Crippen molar-refractivity contribution in [3.05, 3.63) is 24.4 Å². The number of nitrogens with zero attached hydrogens (tertiary/aromatic N) is 3. The van der Waals surface area contributed by atoms with Gasteiger partial charge in [-0.2, -0.15) is 0 Å². The van der Waals surface area contributed by atoms with Gasteiger partial charge in [0.25, 0.3) is 0 Å². The van der Waals surface area contributed by atoms with Crippen molar-refractivity contribution in [2.45, 2.75) is 17.8 Å². The first kappa shape index (κ1) is 16.0. The minimum absolute atomic E-state index is 0.0929. The number of urea groups is 1. The molecule has 3 heterocycles. The van der Waals surface area contributed by atoms with Gasteiger partial charge in [0.2, 0.25) is 5.88 Å². The molecule has 2 saturated heterocycles. The first-order valence-electron chi connectivity index (χ1n) is 7.64. The number of aromatic nitrogens is 1. The van der Waals surface area contributed by atoms with Crippen LogP contribution in [0.15, 0.2) is 24.4 Å². The van der Waals surface area contributed by atoms with Crippen LogP contribution in [0.2, 0.25) is 0 Å².